The van der Waals surface area contributed by atoms with Crippen molar-refractivity contribution in [2.75, 3.05) is 6.61 Å². The molecule has 0 aliphatic carbocycles. The first-order valence-corrected chi connectivity index (χ1v) is 26.0. The van der Waals surface area contributed by atoms with Crippen LogP contribution in [0.15, 0.2) is 60.8 Å². The van der Waals surface area contributed by atoms with Crippen molar-refractivity contribution < 1.29 is 24.5 Å². The molecule has 0 heterocycles. The molecule has 61 heavy (non-hydrogen) atoms. The van der Waals surface area contributed by atoms with Crippen molar-refractivity contribution >= 4 is 11.9 Å². The standard InChI is InChI=1S/C55H99NO5/c1-4-7-10-13-16-19-22-24-26-27-29-30-32-34-37-40-43-46-51(61-55(60)48-45-42-39-36-33-31-28-25-23-20-17-14-11-8-5-2)49-54(59)56-52(50-57)53(58)47-44-41-38-35-21-18-15-12-9-6-3/h7,10,16,19,24,26,29-30,34,37,51-53,57-58H,4-6,8-9,11-15,17-18,20-23,25,27-28,31-33,35-36,38-50H2,1-3H3,(H,56,59)/b10-7-,19-16-,26-24-,30-29-,37-34-. The van der Waals surface area contributed by atoms with Gasteiger partial charge in [-0.05, 0) is 64.2 Å². The molecule has 0 aliphatic rings. The highest BCUT2D eigenvalue weighted by Gasteiger charge is 2.24. The molecule has 0 spiro atoms. The highest BCUT2D eigenvalue weighted by atomic mass is 16.5. The van der Waals surface area contributed by atoms with Gasteiger partial charge in [-0.25, -0.2) is 0 Å². The second-order valence-corrected chi connectivity index (χ2v) is 17.5. The summed E-state index contributed by atoms with van der Waals surface area (Å²) in [5, 5.41) is 23.7. The third-order valence-corrected chi connectivity index (χ3v) is 11.6. The number of nitrogens with one attached hydrogen (secondary N) is 1. The van der Waals surface area contributed by atoms with E-state index in [-0.39, 0.29) is 24.9 Å². The fourth-order valence-corrected chi connectivity index (χ4v) is 7.70. The number of unbranched alkanes of at least 4 members (excludes halogenated alkanes) is 24. The van der Waals surface area contributed by atoms with Crippen LogP contribution in [0.25, 0.3) is 0 Å². The zero-order valence-electron chi connectivity index (χ0n) is 40.3. The van der Waals surface area contributed by atoms with Gasteiger partial charge in [0.05, 0.1) is 25.2 Å². The second-order valence-electron chi connectivity index (χ2n) is 17.5. The SMILES string of the molecule is CC/C=C\C/C=C\C/C=C\C/C=C\C/C=C\CCCC(CC(=O)NC(CO)C(O)CCCCCCCCCCCC)OC(=O)CCCCCCCCCCCCCCCCC. The van der Waals surface area contributed by atoms with E-state index in [0.29, 0.717) is 19.3 Å². The molecule has 0 bridgehead atoms. The van der Waals surface area contributed by atoms with E-state index in [2.05, 4.69) is 86.8 Å². The Morgan fingerprint density at radius 2 is 0.885 bits per heavy atom. The molecule has 0 aromatic rings. The van der Waals surface area contributed by atoms with E-state index in [1.165, 1.54) is 122 Å². The molecule has 0 saturated heterocycles. The minimum atomic E-state index is -0.801. The Labute approximate surface area is 378 Å². The van der Waals surface area contributed by atoms with E-state index in [4.69, 9.17) is 4.74 Å². The largest absolute Gasteiger partial charge is 0.462 e. The molecular weight excluding hydrogens is 755 g/mol. The lowest BCUT2D eigenvalue weighted by atomic mass is 10.0. The maximum atomic E-state index is 13.2. The minimum absolute atomic E-state index is 0.0394. The third kappa shape index (κ3) is 44.0. The highest BCUT2D eigenvalue weighted by molar-refractivity contribution is 5.77. The maximum absolute atomic E-state index is 13.2. The van der Waals surface area contributed by atoms with Crippen LogP contribution in [0.3, 0.4) is 0 Å². The van der Waals surface area contributed by atoms with Gasteiger partial charge in [-0.3, -0.25) is 9.59 Å². The van der Waals surface area contributed by atoms with Crippen LogP contribution in [0.5, 0.6) is 0 Å². The van der Waals surface area contributed by atoms with Gasteiger partial charge in [-0.15, -0.1) is 0 Å². The number of allylic oxidation sites excluding steroid dienone is 10. The summed E-state index contributed by atoms with van der Waals surface area (Å²) in [5.74, 6) is -0.525. The van der Waals surface area contributed by atoms with E-state index < -0.39 is 18.2 Å². The zero-order chi connectivity index (χ0) is 44.5. The van der Waals surface area contributed by atoms with E-state index >= 15 is 0 Å². The average Bonchev–Trinajstić information content (AvgIpc) is 3.25. The molecule has 3 N–H and O–H groups in total. The lowest BCUT2D eigenvalue weighted by molar-refractivity contribution is -0.151. The van der Waals surface area contributed by atoms with Gasteiger partial charge in [0, 0.05) is 6.42 Å². The van der Waals surface area contributed by atoms with Crippen LogP contribution >= 0.6 is 0 Å². The summed E-state index contributed by atoms with van der Waals surface area (Å²) in [6, 6.07) is -0.718. The topological polar surface area (TPSA) is 95.9 Å². The van der Waals surface area contributed by atoms with Crippen molar-refractivity contribution in [3.8, 4) is 0 Å². The van der Waals surface area contributed by atoms with Gasteiger partial charge in [-0.1, -0.05) is 236 Å². The molecule has 0 fully saturated rings. The number of esters is 1. The summed E-state index contributed by atoms with van der Waals surface area (Å²) in [5.41, 5.74) is 0. The third-order valence-electron chi connectivity index (χ3n) is 11.6. The number of rotatable bonds is 46. The molecule has 0 aromatic heterocycles. The summed E-state index contributed by atoms with van der Waals surface area (Å²) in [7, 11) is 0. The number of aliphatic hydroxyl groups excluding tert-OH is 2. The summed E-state index contributed by atoms with van der Waals surface area (Å²) in [6.07, 6.45) is 60.0. The maximum Gasteiger partial charge on any atom is 0.306 e. The van der Waals surface area contributed by atoms with Crippen molar-refractivity contribution in [2.45, 2.75) is 270 Å². The normalized spacial score (nSPS) is 13.7. The van der Waals surface area contributed by atoms with Crippen LogP contribution < -0.4 is 5.32 Å². The molecule has 0 rings (SSSR count). The summed E-state index contributed by atoms with van der Waals surface area (Å²) in [6.45, 7) is 6.35. The van der Waals surface area contributed by atoms with Crippen molar-refractivity contribution in [2.24, 2.45) is 0 Å². The van der Waals surface area contributed by atoms with Gasteiger partial charge in [0.25, 0.3) is 0 Å². The van der Waals surface area contributed by atoms with E-state index in [1.807, 2.05) is 0 Å². The molecule has 3 unspecified atom stereocenters. The molecule has 0 saturated carbocycles. The Morgan fingerprint density at radius 1 is 0.492 bits per heavy atom. The van der Waals surface area contributed by atoms with Gasteiger partial charge in [0.15, 0.2) is 0 Å². The number of ether oxygens (including phenoxy) is 1. The fraction of sp³-hybridized carbons (Fsp3) is 0.782. The minimum Gasteiger partial charge on any atom is -0.462 e. The Hall–Kier alpha value is -2.44. The lowest BCUT2D eigenvalue weighted by Gasteiger charge is -2.24. The van der Waals surface area contributed by atoms with Crippen LogP contribution in [-0.2, 0) is 14.3 Å². The highest BCUT2D eigenvalue weighted by Crippen LogP contribution is 2.17. The Bertz CT molecular complexity index is 1090. The summed E-state index contributed by atoms with van der Waals surface area (Å²) in [4.78, 5) is 26.1. The van der Waals surface area contributed by atoms with Gasteiger partial charge in [-0.2, -0.15) is 0 Å². The monoisotopic (exact) mass is 854 g/mol. The molecule has 3 atom stereocenters. The van der Waals surface area contributed by atoms with E-state index in [0.717, 1.165) is 83.5 Å². The number of aliphatic hydroxyl groups is 2. The van der Waals surface area contributed by atoms with E-state index in [1.54, 1.807) is 0 Å². The van der Waals surface area contributed by atoms with Crippen LogP contribution in [0, 0.1) is 0 Å². The zero-order valence-corrected chi connectivity index (χ0v) is 40.3. The summed E-state index contributed by atoms with van der Waals surface area (Å²) >= 11 is 0. The van der Waals surface area contributed by atoms with Gasteiger partial charge >= 0.3 is 5.97 Å². The molecule has 6 nitrogen and oxygen atoms in total. The van der Waals surface area contributed by atoms with Crippen molar-refractivity contribution in [3.63, 3.8) is 0 Å². The number of hydrogen-bond donors (Lipinski definition) is 3. The molecule has 354 valence electrons. The number of hydrogen-bond acceptors (Lipinski definition) is 5. The average molecular weight is 854 g/mol. The Balaban J connectivity index is 4.68. The molecule has 0 aliphatic heterocycles. The van der Waals surface area contributed by atoms with Crippen molar-refractivity contribution in [3.05, 3.63) is 60.8 Å². The van der Waals surface area contributed by atoms with Crippen LogP contribution in [0.4, 0.5) is 0 Å². The predicted octanol–water partition coefficient (Wildman–Crippen LogP) is 15.6. The Morgan fingerprint density at radius 3 is 1.31 bits per heavy atom. The van der Waals surface area contributed by atoms with Gasteiger partial charge < -0.3 is 20.3 Å². The molecule has 0 aromatic carbocycles. The summed E-state index contributed by atoms with van der Waals surface area (Å²) < 4.78 is 5.91. The second kappa shape index (κ2) is 48.6. The first-order valence-electron chi connectivity index (χ1n) is 26.0. The first kappa shape index (κ1) is 58.6. The Kier molecular flexibility index (Phi) is 46.6. The van der Waals surface area contributed by atoms with Gasteiger partial charge in [0.2, 0.25) is 5.91 Å². The van der Waals surface area contributed by atoms with Crippen LogP contribution in [-0.4, -0.2) is 46.9 Å². The molecule has 1 amide bonds. The quantitative estimate of drug-likeness (QED) is 0.0322. The first-order chi connectivity index (χ1) is 30.0. The van der Waals surface area contributed by atoms with Crippen molar-refractivity contribution in [1.29, 1.82) is 0 Å². The molecular formula is C55H99NO5. The lowest BCUT2D eigenvalue weighted by Crippen LogP contribution is -2.46. The molecule has 0 radical (unpaired) electrons. The van der Waals surface area contributed by atoms with E-state index in [9.17, 15) is 19.8 Å². The van der Waals surface area contributed by atoms with Gasteiger partial charge in [0.1, 0.15) is 6.10 Å². The molecule has 6 heteroatoms. The van der Waals surface area contributed by atoms with Crippen LogP contribution in [0.2, 0.25) is 0 Å². The van der Waals surface area contributed by atoms with Crippen molar-refractivity contribution in [1.82, 2.24) is 5.32 Å². The predicted molar refractivity (Wildman–Crippen MR) is 264 cm³/mol. The number of amides is 1. The smallest absolute Gasteiger partial charge is 0.306 e. The number of carbonyl (C=O) groups is 2. The fourth-order valence-electron chi connectivity index (χ4n) is 7.70. The van der Waals surface area contributed by atoms with Crippen LogP contribution in [0.1, 0.15) is 252 Å². The number of carbonyl (C=O) groups excluding carboxylic acids is 2.